The average Bonchev–Trinajstić information content (AvgIpc) is 1.16. The minimum atomic E-state index is -1.14. The van der Waals surface area contributed by atoms with Crippen LogP contribution in [0.25, 0.3) is 0 Å². The highest BCUT2D eigenvalue weighted by molar-refractivity contribution is 8.53. The molecule has 0 amide bonds. The lowest BCUT2D eigenvalue weighted by atomic mass is 11.7. The number of thiol groups is 2. The Morgan fingerprint density at radius 3 is 1.33 bits per heavy atom. The Morgan fingerprint density at radius 2 is 1.33 bits per heavy atom. The van der Waals surface area contributed by atoms with E-state index in [9.17, 15) is 0 Å². The molecule has 62 valence electrons. The van der Waals surface area contributed by atoms with Crippen LogP contribution in [-0.2, 0) is 0 Å². The second kappa shape index (κ2) is 2.39. The molecule has 2 heteroatoms. The smallest absolute Gasteiger partial charge is 0.00867 e. The fraction of sp³-hybridized carbons (Fsp3) is 1.00. The average molecular weight is 170 g/mol. The summed E-state index contributed by atoms with van der Waals surface area (Å²) in [6, 6.07) is 0. The summed E-state index contributed by atoms with van der Waals surface area (Å²) >= 11 is 0. The van der Waals surface area contributed by atoms with Crippen molar-refractivity contribution in [2.45, 2.75) is 0 Å². The van der Waals surface area contributed by atoms with Crippen LogP contribution in [0.2, 0.25) is 0 Å². The highest BCUT2D eigenvalue weighted by Crippen LogP contribution is 2.59. The monoisotopic (exact) mass is 170 g/mol. The molecule has 0 N–H and O–H groups in total. The number of hydrogen-bond acceptors (Lipinski definition) is 0. The quantitative estimate of drug-likeness (QED) is 0.580. The van der Waals surface area contributed by atoms with Crippen molar-refractivity contribution in [1.29, 1.82) is 0 Å². The number of hydrogen-bond donors (Lipinski definition) is 2. The first kappa shape index (κ1) is 9.70. The van der Waals surface area contributed by atoms with Crippen molar-refractivity contribution in [2.75, 3.05) is 42.6 Å². The van der Waals surface area contributed by atoms with Gasteiger partial charge in [0, 0.05) is 0 Å². The van der Waals surface area contributed by atoms with E-state index < -0.39 is 9.16 Å². The lowest BCUT2D eigenvalue weighted by Crippen LogP contribution is -2.14. The summed E-state index contributed by atoms with van der Waals surface area (Å²) in [4.78, 5) is 0. The van der Waals surface area contributed by atoms with Gasteiger partial charge in [-0.15, -0.1) is 0 Å². The largest absolute Gasteiger partial charge is 0.286 e. The molecule has 0 heterocycles. The third-order valence-corrected chi connectivity index (χ3v) is 7.64. The molecule has 0 aromatic heterocycles. The normalized spacial score (nSPS) is 18.4. The molecular formula is C7H22S2. The Bertz CT molecular complexity index is 88.0. The van der Waals surface area contributed by atoms with Crippen molar-refractivity contribution < 1.29 is 0 Å². The lowest BCUT2D eigenvalue weighted by Gasteiger charge is -2.49. The van der Waals surface area contributed by atoms with E-state index in [4.69, 9.17) is 0 Å². The maximum Gasteiger partial charge on any atom is -0.00867 e. The molecule has 0 radical (unpaired) electrons. The standard InChI is InChI=1S/C7H22S2/c1-8(2)7-9(3,4,5)6/h8-9H,7H2,1-6H3. The number of rotatable bonds is 2. The van der Waals surface area contributed by atoms with Gasteiger partial charge in [-0.25, -0.2) is 0 Å². The minimum Gasteiger partial charge on any atom is -0.286 e. The molecule has 0 aliphatic carbocycles. The van der Waals surface area contributed by atoms with E-state index in [1.165, 1.54) is 5.08 Å². The maximum absolute atomic E-state index is 2.45. The molecule has 0 aliphatic heterocycles. The summed E-state index contributed by atoms with van der Waals surface area (Å²) in [5, 5.41) is 1.49. The molecule has 0 saturated carbocycles. The van der Waals surface area contributed by atoms with Crippen LogP contribution in [0.4, 0.5) is 0 Å². The Hall–Kier alpha value is 0.700. The second-order valence-electron chi connectivity index (χ2n) is 5.17. The molecule has 0 atom stereocenters. The third kappa shape index (κ3) is 8.70. The van der Waals surface area contributed by atoms with Gasteiger partial charge in [0.15, 0.2) is 0 Å². The zero-order valence-electron chi connectivity index (χ0n) is 7.60. The third-order valence-electron chi connectivity index (χ3n) is 0.849. The van der Waals surface area contributed by atoms with Crippen LogP contribution >= 0.6 is 20.1 Å². The molecule has 0 rings (SSSR count). The summed E-state index contributed by atoms with van der Waals surface area (Å²) in [5.41, 5.74) is 0. The Balaban J connectivity index is 3.89. The second-order valence-corrected chi connectivity index (χ2v) is 16.4. The minimum absolute atomic E-state index is 0.321. The van der Waals surface area contributed by atoms with Gasteiger partial charge in [-0.3, -0.25) is 20.1 Å². The Labute approximate surface area is 63.0 Å². The fourth-order valence-corrected chi connectivity index (χ4v) is 10.2. The summed E-state index contributed by atoms with van der Waals surface area (Å²) < 4.78 is 0. The van der Waals surface area contributed by atoms with Gasteiger partial charge in [-0.1, -0.05) is 0 Å². The highest BCUT2D eigenvalue weighted by atomic mass is 32.3. The van der Waals surface area contributed by atoms with Gasteiger partial charge < -0.3 is 0 Å². The maximum atomic E-state index is 2.45. The van der Waals surface area contributed by atoms with Crippen molar-refractivity contribution in [3.8, 4) is 0 Å². The molecule has 0 aromatic carbocycles. The summed E-state index contributed by atoms with van der Waals surface area (Å²) in [5.74, 6) is 0. The summed E-state index contributed by atoms with van der Waals surface area (Å²) in [6.45, 7) is 0. The van der Waals surface area contributed by atoms with Gasteiger partial charge in [-0.05, 0) is 42.6 Å². The van der Waals surface area contributed by atoms with Crippen LogP contribution in [0.3, 0.4) is 0 Å². The fourth-order valence-electron chi connectivity index (χ4n) is 1.13. The lowest BCUT2D eigenvalue weighted by molar-refractivity contribution is 1.82. The predicted octanol–water partition coefficient (Wildman–Crippen LogP) is 1.80. The van der Waals surface area contributed by atoms with Crippen molar-refractivity contribution in [2.24, 2.45) is 0 Å². The predicted molar refractivity (Wildman–Crippen MR) is 58.4 cm³/mol. The van der Waals surface area contributed by atoms with E-state index in [1.807, 2.05) is 0 Å². The van der Waals surface area contributed by atoms with Crippen LogP contribution in [0.15, 0.2) is 0 Å². The van der Waals surface area contributed by atoms with Gasteiger partial charge in [0.2, 0.25) is 0 Å². The van der Waals surface area contributed by atoms with E-state index in [0.717, 1.165) is 0 Å². The molecule has 0 aromatic rings. The molecule has 0 unspecified atom stereocenters. The molecule has 0 saturated heterocycles. The van der Waals surface area contributed by atoms with Crippen molar-refractivity contribution in [1.82, 2.24) is 0 Å². The van der Waals surface area contributed by atoms with Crippen LogP contribution in [0.5, 0.6) is 0 Å². The first-order chi connectivity index (χ1) is 3.67. The Kier molecular flexibility index (Phi) is 2.57. The molecule has 0 fully saturated rings. The first-order valence-corrected chi connectivity index (χ1v) is 9.95. The summed E-state index contributed by atoms with van der Waals surface area (Å²) in [7, 11) is -0.821. The molecule has 0 spiro atoms. The van der Waals surface area contributed by atoms with Crippen LogP contribution < -0.4 is 0 Å². The van der Waals surface area contributed by atoms with E-state index in [-0.39, 0.29) is 0 Å². The molecular weight excluding hydrogens is 148 g/mol. The van der Waals surface area contributed by atoms with E-state index in [2.05, 4.69) is 37.5 Å². The molecule has 0 nitrogen and oxygen atoms in total. The molecule has 9 heavy (non-hydrogen) atoms. The summed E-state index contributed by atoms with van der Waals surface area (Å²) in [6.07, 6.45) is 14.6. The van der Waals surface area contributed by atoms with Crippen molar-refractivity contribution in [3.05, 3.63) is 0 Å². The SMILES string of the molecule is C[SH](C)C[SH](C)(C)(C)C. The molecule has 0 aliphatic rings. The van der Waals surface area contributed by atoms with Gasteiger partial charge in [0.1, 0.15) is 0 Å². The van der Waals surface area contributed by atoms with Crippen LogP contribution in [-0.4, -0.2) is 42.6 Å². The van der Waals surface area contributed by atoms with E-state index in [1.54, 1.807) is 0 Å². The topological polar surface area (TPSA) is 0 Å². The van der Waals surface area contributed by atoms with E-state index in [0.29, 0.717) is 10.9 Å². The van der Waals surface area contributed by atoms with Gasteiger partial charge in [0.25, 0.3) is 0 Å². The van der Waals surface area contributed by atoms with Crippen molar-refractivity contribution >= 4 is 20.1 Å². The Morgan fingerprint density at radius 1 is 1.00 bits per heavy atom. The molecule has 0 bridgehead atoms. The zero-order valence-corrected chi connectivity index (χ0v) is 9.39. The van der Waals surface area contributed by atoms with Gasteiger partial charge in [-0.2, -0.15) is 0 Å². The first-order valence-electron chi connectivity index (χ1n) is 3.32. The van der Waals surface area contributed by atoms with Gasteiger partial charge in [0.05, 0.1) is 0 Å². The van der Waals surface area contributed by atoms with Crippen LogP contribution in [0.1, 0.15) is 0 Å². The van der Waals surface area contributed by atoms with Crippen molar-refractivity contribution in [3.63, 3.8) is 0 Å². The van der Waals surface area contributed by atoms with E-state index >= 15 is 0 Å². The highest BCUT2D eigenvalue weighted by Gasteiger charge is 2.18. The zero-order chi connectivity index (χ0) is 7.73. The van der Waals surface area contributed by atoms with Crippen LogP contribution in [0, 0.1) is 0 Å². The van der Waals surface area contributed by atoms with Gasteiger partial charge >= 0.3 is 0 Å².